The Kier molecular flexibility index (Phi) is 4.20. The molecule has 1 aliphatic heterocycles. The van der Waals surface area contributed by atoms with Crippen LogP contribution in [0.4, 0.5) is 0 Å². The van der Waals surface area contributed by atoms with E-state index in [1.165, 1.54) is 12.8 Å². The summed E-state index contributed by atoms with van der Waals surface area (Å²) < 4.78 is 1.06. The molecule has 1 aliphatic rings. The summed E-state index contributed by atoms with van der Waals surface area (Å²) in [5.41, 5.74) is 1.10. The average molecular weight is 293 g/mol. The van der Waals surface area contributed by atoms with Crippen LogP contribution in [-0.2, 0) is 0 Å². The number of likely N-dealkylation sites (tertiary alicyclic amines) is 1. The Hall–Kier alpha value is -0.850. The van der Waals surface area contributed by atoms with Crippen LogP contribution in [0.2, 0.25) is 0 Å². The van der Waals surface area contributed by atoms with Crippen LogP contribution in [0.15, 0.2) is 28.7 Å². The Morgan fingerprint density at radius 1 is 1.29 bits per heavy atom. The van der Waals surface area contributed by atoms with Gasteiger partial charge in [-0.3, -0.25) is 4.90 Å². The zero-order chi connectivity index (χ0) is 12.3. The number of halogens is 1. The Balaban J connectivity index is 2.11. The molecule has 0 saturated carbocycles. The molecule has 2 nitrogen and oxygen atoms in total. The Morgan fingerprint density at radius 3 is 2.41 bits per heavy atom. The molecule has 0 amide bonds. The minimum absolute atomic E-state index is 0.0874. The summed E-state index contributed by atoms with van der Waals surface area (Å²) in [5.74, 6) is 0.801. The van der Waals surface area contributed by atoms with Crippen molar-refractivity contribution in [2.24, 2.45) is 5.92 Å². The molecule has 90 valence electrons. The molecule has 1 fully saturated rings. The number of benzene rings is 1. The lowest BCUT2D eigenvalue weighted by Crippen LogP contribution is -2.35. The maximum Gasteiger partial charge on any atom is 0.123 e. The number of hydrogen-bond donors (Lipinski definition) is 0. The molecular formula is C14H17BrN2. The monoisotopic (exact) mass is 292 g/mol. The summed E-state index contributed by atoms with van der Waals surface area (Å²) in [6.45, 7) is 4.36. The summed E-state index contributed by atoms with van der Waals surface area (Å²) in [6.07, 6.45) is 2.41. The molecule has 1 unspecified atom stereocenters. The maximum absolute atomic E-state index is 9.36. The first-order chi connectivity index (χ1) is 8.20. The van der Waals surface area contributed by atoms with Gasteiger partial charge in [0, 0.05) is 4.47 Å². The summed E-state index contributed by atoms with van der Waals surface area (Å²) in [7, 11) is 0. The van der Waals surface area contributed by atoms with Crippen molar-refractivity contribution in [1.82, 2.24) is 4.90 Å². The third-order valence-electron chi connectivity index (χ3n) is 3.49. The topological polar surface area (TPSA) is 27.0 Å². The fourth-order valence-electron chi connectivity index (χ4n) is 2.30. The van der Waals surface area contributed by atoms with Gasteiger partial charge in [0.25, 0.3) is 0 Å². The van der Waals surface area contributed by atoms with Gasteiger partial charge in [-0.05, 0) is 49.5 Å². The minimum Gasteiger partial charge on any atom is -0.284 e. The molecule has 1 atom stereocenters. The second-order valence-electron chi connectivity index (χ2n) is 4.80. The summed E-state index contributed by atoms with van der Waals surface area (Å²) >= 11 is 3.42. The Bertz CT molecular complexity index is 399. The number of nitriles is 1. The van der Waals surface area contributed by atoms with E-state index in [9.17, 15) is 5.26 Å². The number of piperidine rings is 1. The smallest absolute Gasteiger partial charge is 0.123 e. The van der Waals surface area contributed by atoms with Gasteiger partial charge in [-0.15, -0.1) is 0 Å². The fraction of sp³-hybridized carbons (Fsp3) is 0.500. The van der Waals surface area contributed by atoms with Crippen molar-refractivity contribution in [3.63, 3.8) is 0 Å². The van der Waals surface area contributed by atoms with Crippen LogP contribution >= 0.6 is 15.9 Å². The summed E-state index contributed by atoms with van der Waals surface area (Å²) in [6, 6.07) is 10.4. The standard InChI is InChI=1S/C14H17BrN2/c1-11-6-8-17(9-7-11)14(10-16)12-2-4-13(15)5-3-12/h2-5,11,14H,6-9H2,1H3. The second-order valence-corrected chi connectivity index (χ2v) is 5.72. The lowest BCUT2D eigenvalue weighted by atomic mass is 9.96. The van der Waals surface area contributed by atoms with Gasteiger partial charge in [0.1, 0.15) is 6.04 Å². The highest BCUT2D eigenvalue weighted by atomic mass is 79.9. The van der Waals surface area contributed by atoms with Crippen molar-refractivity contribution < 1.29 is 0 Å². The zero-order valence-electron chi connectivity index (χ0n) is 10.1. The molecule has 0 spiro atoms. The van der Waals surface area contributed by atoms with Gasteiger partial charge < -0.3 is 0 Å². The van der Waals surface area contributed by atoms with Gasteiger partial charge in [-0.1, -0.05) is 35.0 Å². The van der Waals surface area contributed by atoms with Crippen LogP contribution in [0.3, 0.4) is 0 Å². The SMILES string of the molecule is CC1CCN(C(C#N)c2ccc(Br)cc2)CC1. The largest absolute Gasteiger partial charge is 0.284 e. The number of hydrogen-bond acceptors (Lipinski definition) is 2. The van der Waals surface area contributed by atoms with E-state index < -0.39 is 0 Å². The van der Waals surface area contributed by atoms with Crippen LogP contribution in [0.1, 0.15) is 31.4 Å². The fourth-order valence-corrected chi connectivity index (χ4v) is 2.56. The van der Waals surface area contributed by atoms with Crippen molar-refractivity contribution in [3.05, 3.63) is 34.3 Å². The first-order valence-electron chi connectivity index (χ1n) is 6.10. The Labute approximate surface area is 111 Å². The maximum atomic E-state index is 9.36. The first kappa shape index (κ1) is 12.6. The quantitative estimate of drug-likeness (QED) is 0.830. The van der Waals surface area contributed by atoms with E-state index in [1.807, 2.05) is 24.3 Å². The van der Waals surface area contributed by atoms with E-state index in [0.717, 1.165) is 29.0 Å². The highest BCUT2D eigenvalue weighted by molar-refractivity contribution is 9.10. The summed E-state index contributed by atoms with van der Waals surface area (Å²) in [4.78, 5) is 2.29. The number of nitrogens with zero attached hydrogens (tertiary/aromatic N) is 2. The third kappa shape index (κ3) is 3.08. The average Bonchev–Trinajstić information content (AvgIpc) is 2.35. The van der Waals surface area contributed by atoms with Gasteiger partial charge in [-0.2, -0.15) is 5.26 Å². The van der Waals surface area contributed by atoms with E-state index in [0.29, 0.717) is 0 Å². The van der Waals surface area contributed by atoms with Crippen LogP contribution in [-0.4, -0.2) is 18.0 Å². The third-order valence-corrected chi connectivity index (χ3v) is 4.02. The molecule has 1 aromatic carbocycles. The predicted molar refractivity (Wildman–Crippen MR) is 72.5 cm³/mol. The van der Waals surface area contributed by atoms with Crippen molar-refractivity contribution in [3.8, 4) is 6.07 Å². The second kappa shape index (κ2) is 5.66. The van der Waals surface area contributed by atoms with Gasteiger partial charge in [0.05, 0.1) is 6.07 Å². The minimum atomic E-state index is -0.0874. The Morgan fingerprint density at radius 2 is 1.88 bits per heavy atom. The van der Waals surface area contributed by atoms with E-state index in [4.69, 9.17) is 0 Å². The van der Waals surface area contributed by atoms with Crippen LogP contribution in [0.25, 0.3) is 0 Å². The molecule has 3 heteroatoms. The lowest BCUT2D eigenvalue weighted by Gasteiger charge is -2.33. The van der Waals surface area contributed by atoms with Crippen LogP contribution in [0, 0.1) is 17.2 Å². The van der Waals surface area contributed by atoms with Crippen molar-refractivity contribution in [2.45, 2.75) is 25.8 Å². The number of rotatable bonds is 2. The molecule has 0 N–H and O–H groups in total. The molecule has 0 radical (unpaired) electrons. The predicted octanol–water partition coefficient (Wildman–Crippen LogP) is 3.75. The highest BCUT2D eigenvalue weighted by Gasteiger charge is 2.24. The molecule has 0 aliphatic carbocycles. The molecule has 1 aromatic rings. The molecule has 1 saturated heterocycles. The van der Waals surface area contributed by atoms with Gasteiger partial charge in [-0.25, -0.2) is 0 Å². The van der Waals surface area contributed by atoms with Crippen LogP contribution < -0.4 is 0 Å². The van der Waals surface area contributed by atoms with E-state index >= 15 is 0 Å². The molecule has 2 rings (SSSR count). The highest BCUT2D eigenvalue weighted by Crippen LogP contribution is 2.27. The molecule has 0 bridgehead atoms. The normalized spacial score (nSPS) is 19.8. The molecule has 1 heterocycles. The van der Waals surface area contributed by atoms with E-state index in [1.54, 1.807) is 0 Å². The van der Waals surface area contributed by atoms with Crippen molar-refractivity contribution in [1.29, 1.82) is 5.26 Å². The van der Waals surface area contributed by atoms with Gasteiger partial charge in [0.2, 0.25) is 0 Å². The molecule has 0 aromatic heterocycles. The molecule has 17 heavy (non-hydrogen) atoms. The van der Waals surface area contributed by atoms with Crippen molar-refractivity contribution >= 4 is 15.9 Å². The van der Waals surface area contributed by atoms with Crippen LogP contribution in [0.5, 0.6) is 0 Å². The van der Waals surface area contributed by atoms with Gasteiger partial charge >= 0.3 is 0 Å². The van der Waals surface area contributed by atoms with E-state index in [2.05, 4.69) is 33.8 Å². The van der Waals surface area contributed by atoms with E-state index in [-0.39, 0.29) is 6.04 Å². The molecular weight excluding hydrogens is 276 g/mol. The van der Waals surface area contributed by atoms with Crippen molar-refractivity contribution in [2.75, 3.05) is 13.1 Å². The zero-order valence-corrected chi connectivity index (χ0v) is 11.7. The van der Waals surface area contributed by atoms with Gasteiger partial charge in [0.15, 0.2) is 0 Å². The summed E-state index contributed by atoms with van der Waals surface area (Å²) in [5, 5.41) is 9.36. The lowest BCUT2D eigenvalue weighted by molar-refractivity contribution is 0.165. The first-order valence-corrected chi connectivity index (χ1v) is 6.89.